The quantitative estimate of drug-likeness (QED) is 0.797. The number of halogens is 3. The van der Waals surface area contributed by atoms with Gasteiger partial charge in [0, 0.05) is 5.56 Å². The lowest BCUT2D eigenvalue weighted by molar-refractivity contribution is -0.116. The Balaban J connectivity index is 2.16. The third-order valence-corrected chi connectivity index (χ3v) is 5.04. The lowest BCUT2D eigenvalue weighted by atomic mass is 9.93. The van der Waals surface area contributed by atoms with E-state index >= 15 is 0 Å². The van der Waals surface area contributed by atoms with Crippen molar-refractivity contribution in [2.45, 2.75) is 25.3 Å². The Morgan fingerprint density at radius 3 is 2.40 bits per heavy atom. The van der Waals surface area contributed by atoms with Crippen LogP contribution in [0.4, 0.5) is 0 Å². The highest BCUT2D eigenvalue weighted by molar-refractivity contribution is 6.44. The van der Waals surface area contributed by atoms with Crippen molar-refractivity contribution in [3.05, 3.63) is 38.5 Å². The van der Waals surface area contributed by atoms with Crippen molar-refractivity contribution in [2.75, 3.05) is 0 Å². The van der Waals surface area contributed by atoms with E-state index in [-0.39, 0.29) is 28.2 Å². The highest BCUT2D eigenvalue weighted by Gasteiger charge is 2.52. The second kappa shape index (κ2) is 4.55. The predicted octanol–water partition coefficient (Wildman–Crippen LogP) is 4.21. The molecule has 3 rings (SSSR count). The molecule has 0 bridgehead atoms. The van der Waals surface area contributed by atoms with Crippen molar-refractivity contribution in [1.29, 1.82) is 0 Å². The van der Waals surface area contributed by atoms with Crippen molar-refractivity contribution in [3.63, 3.8) is 0 Å². The fourth-order valence-electron chi connectivity index (χ4n) is 2.64. The molecule has 0 saturated heterocycles. The van der Waals surface area contributed by atoms with Crippen LogP contribution in [-0.2, 0) is 4.79 Å². The number of carbonyl (C=O) groups is 1. The molecule has 0 spiro atoms. The van der Waals surface area contributed by atoms with Gasteiger partial charge in [-0.1, -0.05) is 34.8 Å². The van der Waals surface area contributed by atoms with E-state index < -0.39 is 5.54 Å². The van der Waals surface area contributed by atoms with E-state index in [9.17, 15) is 9.90 Å². The van der Waals surface area contributed by atoms with E-state index in [2.05, 4.69) is 5.32 Å². The average Bonchev–Trinajstić information content (AvgIpc) is 3.16. The van der Waals surface area contributed by atoms with Crippen molar-refractivity contribution in [2.24, 2.45) is 5.92 Å². The molecule has 0 aromatic heterocycles. The standard InChI is InChI=1S/C14H12Cl3NO2/c1-14(6-2-3-6)12(19)11(13(20)18-14)7-4-9(16)10(17)5-8(7)15/h4-6,19H,2-3H2,1H3,(H,18,20). The summed E-state index contributed by atoms with van der Waals surface area (Å²) in [6.07, 6.45) is 1.98. The molecule has 1 fully saturated rings. The monoisotopic (exact) mass is 331 g/mol. The molecule has 1 saturated carbocycles. The fourth-order valence-corrected chi connectivity index (χ4v) is 3.29. The predicted molar refractivity (Wildman–Crippen MR) is 80.3 cm³/mol. The Morgan fingerprint density at radius 1 is 1.20 bits per heavy atom. The Morgan fingerprint density at radius 2 is 1.80 bits per heavy atom. The van der Waals surface area contributed by atoms with Gasteiger partial charge in [0.1, 0.15) is 5.76 Å². The van der Waals surface area contributed by atoms with Crippen LogP contribution in [0.1, 0.15) is 25.3 Å². The van der Waals surface area contributed by atoms with Crippen LogP contribution in [0.15, 0.2) is 17.9 Å². The Kier molecular flexibility index (Phi) is 3.20. The molecular formula is C14H12Cl3NO2. The van der Waals surface area contributed by atoms with E-state index in [1.807, 2.05) is 6.92 Å². The first-order valence-corrected chi connectivity index (χ1v) is 7.39. The summed E-state index contributed by atoms with van der Waals surface area (Å²) < 4.78 is 0. The first-order valence-electron chi connectivity index (χ1n) is 6.25. The summed E-state index contributed by atoms with van der Waals surface area (Å²) in [6, 6.07) is 2.98. The van der Waals surface area contributed by atoms with E-state index in [1.54, 1.807) is 0 Å². The Labute approximate surface area is 131 Å². The van der Waals surface area contributed by atoms with Gasteiger partial charge < -0.3 is 10.4 Å². The minimum atomic E-state index is -0.706. The average molecular weight is 333 g/mol. The Bertz CT molecular complexity index is 652. The minimum Gasteiger partial charge on any atom is -0.509 e. The van der Waals surface area contributed by atoms with Crippen LogP contribution in [-0.4, -0.2) is 16.6 Å². The maximum absolute atomic E-state index is 12.2. The van der Waals surface area contributed by atoms with Crippen molar-refractivity contribution in [3.8, 4) is 0 Å². The number of benzene rings is 1. The van der Waals surface area contributed by atoms with Crippen LogP contribution in [0.2, 0.25) is 15.1 Å². The highest BCUT2D eigenvalue weighted by Crippen LogP contribution is 2.48. The van der Waals surface area contributed by atoms with Crippen molar-refractivity contribution < 1.29 is 9.90 Å². The van der Waals surface area contributed by atoms with Crippen LogP contribution in [0, 0.1) is 5.92 Å². The number of rotatable bonds is 2. The topological polar surface area (TPSA) is 49.3 Å². The fraction of sp³-hybridized carbons (Fsp3) is 0.357. The zero-order valence-corrected chi connectivity index (χ0v) is 12.9. The molecule has 1 unspecified atom stereocenters. The molecule has 2 aliphatic rings. The number of hydrogen-bond acceptors (Lipinski definition) is 2. The zero-order valence-electron chi connectivity index (χ0n) is 10.6. The van der Waals surface area contributed by atoms with Crippen LogP contribution in [0.5, 0.6) is 0 Å². The third kappa shape index (κ3) is 2.00. The highest BCUT2D eigenvalue weighted by atomic mass is 35.5. The molecule has 1 aromatic carbocycles. The van der Waals surface area contributed by atoms with E-state index in [0.29, 0.717) is 15.6 Å². The summed E-state index contributed by atoms with van der Waals surface area (Å²) >= 11 is 18.0. The van der Waals surface area contributed by atoms with E-state index in [1.165, 1.54) is 12.1 Å². The molecule has 1 heterocycles. The lowest BCUT2D eigenvalue weighted by Crippen LogP contribution is -2.43. The molecule has 1 aromatic rings. The van der Waals surface area contributed by atoms with Crippen LogP contribution in [0.25, 0.3) is 5.57 Å². The molecule has 20 heavy (non-hydrogen) atoms. The number of aliphatic hydroxyl groups is 1. The van der Waals surface area contributed by atoms with E-state index in [0.717, 1.165) is 12.8 Å². The number of carbonyl (C=O) groups excluding carboxylic acids is 1. The van der Waals surface area contributed by atoms with Crippen LogP contribution < -0.4 is 5.32 Å². The van der Waals surface area contributed by atoms with Crippen LogP contribution >= 0.6 is 34.8 Å². The summed E-state index contributed by atoms with van der Waals surface area (Å²) in [5.41, 5.74) is -0.120. The smallest absolute Gasteiger partial charge is 0.256 e. The van der Waals surface area contributed by atoms with Gasteiger partial charge in [0.2, 0.25) is 0 Å². The molecule has 1 atom stereocenters. The van der Waals surface area contributed by atoms with Gasteiger partial charge in [-0.15, -0.1) is 0 Å². The third-order valence-electron chi connectivity index (χ3n) is 4.00. The van der Waals surface area contributed by atoms with Crippen LogP contribution in [0.3, 0.4) is 0 Å². The van der Waals surface area contributed by atoms with Gasteiger partial charge in [0.25, 0.3) is 5.91 Å². The SMILES string of the molecule is CC1(C2CC2)NC(=O)C(c2cc(Cl)c(Cl)cc2Cl)=C1O. The summed E-state index contributed by atoms with van der Waals surface area (Å²) in [7, 11) is 0. The number of hydrogen-bond donors (Lipinski definition) is 2. The zero-order chi connectivity index (χ0) is 14.7. The summed E-state index contributed by atoms with van der Waals surface area (Å²) in [4.78, 5) is 12.2. The first kappa shape index (κ1) is 14.1. The first-order chi connectivity index (χ1) is 9.34. The van der Waals surface area contributed by atoms with Gasteiger partial charge in [-0.05, 0) is 37.8 Å². The second-order valence-electron chi connectivity index (χ2n) is 5.40. The normalized spacial score (nSPS) is 26.1. The van der Waals surface area contributed by atoms with Crippen molar-refractivity contribution >= 4 is 46.3 Å². The van der Waals surface area contributed by atoms with Gasteiger partial charge in [-0.2, -0.15) is 0 Å². The summed E-state index contributed by atoms with van der Waals surface area (Å²) in [5, 5.41) is 14.2. The molecule has 1 aliphatic heterocycles. The minimum absolute atomic E-state index is 0.0327. The molecule has 3 nitrogen and oxygen atoms in total. The van der Waals surface area contributed by atoms with Gasteiger partial charge in [-0.3, -0.25) is 4.79 Å². The summed E-state index contributed by atoms with van der Waals surface area (Å²) in [6.45, 7) is 1.83. The Hall–Kier alpha value is -0.900. The molecule has 0 radical (unpaired) electrons. The summed E-state index contributed by atoms with van der Waals surface area (Å²) in [5.74, 6) is -0.0343. The van der Waals surface area contributed by atoms with Crippen molar-refractivity contribution in [1.82, 2.24) is 5.32 Å². The molecular weight excluding hydrogens is 321 g/mol. The molecule has 1 amide bonds. The second-order valence-corrected chi connectivity index (χ2v) is 6.62. The lowest BCUT2D eigenvalue weighted by Gasteiger charge is -2.24. The maximum atomic E-state index is 12.2. The molecule has 106 valence electrons. The van der Waals surface area contributed by atoms with Gasteiger partial charge in [-0.25, -0.2) is 0 Å². The van der Waals surface area contributed by atoms with Gasteiger partial charge in [0.05, 0.1) is 26.2 Å². The molecule has 1 aliphatic carbocycles. The van der Waals surface area contributed by atoms with E-state index in [4.69, 9.17) is 34.8 Å². The number of aliphatic hydroxyl groups excluding tert-OH is 1. The van der Waals surface area contributed by atoms with Gasteiger partial charge in [0.15, 0.2) is 0 Å². The number of nitrogens with one attached hydrogen (secondary N) is 1. The number of amides is 1. The largest absolute Gasteiger partial charge is 0.509 e. The molecule has 6 heteroatoms. The van der Waals surface area contributed by atoms with Gasteiger partial charge >= 0.3 is 0 Å². The molecule has 2 N–H and O–H groups in total. The maximum Gasteiger partial charge on any atom is 0.256 e.